The predicted molar refractivity (Wildman–Crippen MR) is 92.5 cm³/mol. The Morgan fingerprint density at radius 1 is 1.19 bits per heavy atom. The van der Waals surface area contributed by atoms with Crippen molar-refractivity contribution < 1.29 is 19.2 Å². The number of hydrogen-bond acceptors (Lipinski definition) is 5. The van der Waals surface area contributed by atoms with E-state index in [4.69, 9.17) is 4.84 Å². The molecule has 3 unspecified atom stereocenters. The van der Waals surface area contributed by atoms with E-state index in [1.165, 1.54) is 12.1 Å². The molecule has 4 rings (SSSR count). The molecule has 0 aromatic heterocycles. The molecule has 1 aromatic rings. The molecule has 138 valence electrons. The van der Waals surface area contributed by atoms with E-state index in [9.17, 15) is 14.4 Å². The summed E-state index contributed by atoms with van der Waals surface area (Å²) < 4.78 is 0. The summed E-state index contributed by atoms with van der Waals surface area (Å²) in [6.07, 6.45) is 1.47. The van der Waals surface area contributed by atoms with Gasteiger partial charge in [-0.3, -0.25) is 24.1 Å². The average Bonchev–Trinajstić information content (AvgIpc) is 3.35. The zero-order valence-corrected chi connectivity index (χ0v) is 15.0. The largest absolute Gasteiger partial charge is 0.355 e. The Morgan fingerprint density at radius 3 is 2.54 bits per heavy atom. The minimum atomic E-state index is -0.852. The molecular weight excluding hydrogens is 334 g/mol. The number of aryl methyl sites for hydroxylation is 1. The summed E-state index contributed by atoms with van der Waals surface area (Å²) in [6, 6.07) is 7.32. The van der Waals surface area contributed by atoms with E-state index in [1.54, 1.807) is 0 Å². The van der Waals surface area contributed by atoms with Crippen molar-refractivity contribution in [2.24, 2.45) is 11.8 Å². The molecule has 2 saturated heterocycles. The van der Waals surface area contributed by atoms with E-state index < -0.39 is 18.1 Å². The predicted octanol–water partition coefficient (Wildman–Crippen LogP) is 0.793. The van der Waals surface area contributed by atoms with E-state index in [0.717, 1.165) is 28.9 Å². The van der Waals surface area contributed by atoms with Gasteiger partial charge in [0.15, 0.2) is 6.10 Å². The minimum absolute atomic E-state index is 0.00252. The summed E-state index contributed by atoms with van der Waals surface area (Å²) in [4.78, 5) is 44.1. The topological polar surface area (TPSA) is 79.0 Å². The first-order chi connectivity index (χ1) is 12.5. The standard InChI is InChI=1S/C19H23N3O4/c1-11-3-7-13(8-4-11)16-15-17(19(25)21(2)18(15)24)26-22(16)10-14(23)20-9-12-5-6-12/h3-4,7-8,12,15-17H,5-6,9-10H2,1-2H3,(H,20,23). The number of likely N-dealkylation sites (tertiary alicyclic amines) is 1. The molecule has 3 aliphatic rings. The van der Waals surface area contributed by atoms with Crippen LogP contribution in [-0.2, 0) is 19.2 Å². The van der Waals surface area contributed by atoms with Gasteiger partial charge in [-0.1, -0.05) is 29.8 Å². The summed E-state index contributed by atoms with van der Waals surface area (Å²) in [6.45, 7) is 2.66. The van der Waals surface area contributed by atoms with Gasteiger partial charge in [0, 0.05) is 13.6 Å². The van der Waals surface area contributed by atoms with Crippen LogP contribution >= 0.6 is 0 Å². The molecule has 26 heavy (non-hydrogen) atoms. The lowest BCUT2D eigenvalue weighted by Gasteiger charge is -2.26. The Labute approximate surface area is 152 Å². The zero-order chi connectivity index (χ0) is 18.4. The summed E-state index contributed by atoms with van der Waals surface area (Å²) in [5.41, 5.74) is 1.97. The lowest BCUT2D eigenvalue weighted by atomic mass is 9.90. The van der Waals surface area contributed by atoms with E-state index >= 15 is 0 Å². The van der Waals surface area contributed by atoms with Crippen LogP contribution in [0, 0.1) is 18.8 Å². The Balaban J connectivity index is 1.57. The highest BCUT2D eigenvalue weighted by Crippen LogP contribution is 2.44. The van der Waals surface area contributed by atoms with E-state index in [0.29, 0.717) is 12.5 Å². The molecule has 0 radical (unpaired) electrons. The van der Waals surface area contributed by atoms with Crippen LogP contribution in [0.1, 0.15) is 30.0 Å². The minimum Gasteiger partial charge on any atom is -0.355 e. The summed E-state index contributed by atoms with van der Waals surface area (Å²) >= 11 is 0. The summed E-state index contributed by atoms with van der Waals surface area (Å²) in [5, 5.41) is 4.41. The molecule has 0 spiro atoms. The van der Waals surface area contributed by atoms with Gasteiger partial charge in [0.1, 0.15) is 6.54 Å². The van der Waals surface area contributed by atoms with Crippen LogP contribution in [0.4, 0.5) is 0 Å². The number of carbonyl (C=O) groups is 3. The molecule has 1 aromatic carbocycles. The number of nitrogens with zero attached hydrogens (tertiary/aromatic N) is 2. The second-order valence-electron chi connectivity index (χ2n) is 7.47. The molecule has 7 nitrogen and oxygen atoms in total. The van der Waals surface area contributed by atoms with Gasteiger partial charge in [0.05, 0.1) is 12.0 Å². The van der Waals surface area contributed by atoms with Crippen LogP contribution in [0.15, 0.2) is 24.3 Å². The number of hydroxylamine groups is 2. The first-order valence-electron chi connectivity index (χ1n) is 9.04. The van der Waals surface area contributed by atoms with Crippen molar-refractivity contribution >= 4 is 17.7 Å². The maximum Gasteiger partial charge on any atom is 0.261 e. The molecule has 7 heteroatoms. The zero-order valence-electron chi connectivity index (χ0n) is 15.0. The number of likely N-dealkylation sites (N-methyl/N-ethyl adjacent to an activating group) is 1. The van der Waals surface area contributed by atoms with Gasteiger partial charge in [-0.15, -0.1) is 0 Å². The molecule has 3 atom stereocenters. The smallest absolute Gasteiger partial charge is 0.261 e. The van der Waals surface area contributed by atoms with Crippen LogP contribution < -0.4 is 5.32 Å². The van der Waals surface area contributed by atoms with Crippen molar-refractivity contribution in [1.29, 1.82) is 0 Å². The molecule has 1 N–H and O–H groups in total. The molecule has 2 aliphatic heterocycles. The summed E-state index contributed by atoms with van der Waals surface area (Å²) in [5.74, 6) is -0.791. The fourth-order valence-corrected chi connectivity index (χ4v) is 3.66. The fourth-order valence-electron chi connectivity index (χ4n) is 3.66. The number of nitrogens with one attached hydrogen (secondary N) is 1. The second kappa shape index (κ2) is 6.48. The van der Waals surface area contributed by atoms with Crippen LogP contribution in [-0.4, -0.2) is 53.9 Å². The number of benzene rings is 1. The third-order valence-corrected chi connectivity index (χ3v) is 5.42. The number of carbonyl (C=O) groups excluding carboxylic acids is 3. The number of amides is 3. The van der Waals surface area contributed by atoms with Crippen LogP contribution in [0.2, 0.25) is 0 Å². The highest BCUT2D eigenvalue weighted by molar-refractivity contribution is 6.07. The SMILES string of the molecule is Cc1ccc(C2C3C(=O)N(C)C(=O)C3ON2CC(=O)NCC2CC2)cc1. The number of fused-ring (bicyclic) bond motifs is 1. The quantitative estimate of drug-likeness (QED) is 0.789. The van der Waals surface area contributed by atoms with E-state index in [-0.39, 0.29) is 24.3 Å². The van der Waals surface area contributed by atoms with E-state index in [1.807, 2.05) is 31.2 Å². The Kier molecular flexibility index (Phi) is 4.28. The molecule has 3 amide bonds. The van der Waals surface area contributed by atoms with Gasteiger partial charge >= 0.3 is 0 Å². The molecule has 1 saturated carbocycles. The summed E-state index contributed by atoms with van der Waals surface area (Å²) in [7, 11) is 1.48. The highest BCUT2D eigenvalue weighted by Gasteiger charge is 2.58. The maximum absolute atomic E-state index is 12.6. The van der Waals surface area contributed by atoms with Crippen LogP contribution in [0.25, 0.3) is 0 Å². The van der Waals surface area contributed by atoms with Gasteiger partial charge in [0.2, 0.25) is 11.8 Å². The Hall–Kier alpha value is -2.25. The third kappa shape index (κ3) is 3.01. The fraction of sp³-hybridized carbons (Fsp3) is 0.526. The van der Waals surface area contributed by atoms with Crippen molar-refractivity contribution in [3.8, 4) is 0 Å². The van der Waals surface area contributed by atoms with Gasteiger partial charge in [-0.25, -0.2) is 0 Å². The number of hydrogen-bond donors (Lipinski definition) is 1. The second-order valence-corrected chi connectivity index (χ2v) is 7.47. The number of rotatable bonds is 5. The number of imide groups is 1. The van der Waals surface area contributed by atoms with Crippen molar-refractivity contribution in [1.82, 2.24) is 15.3 Å². The van der Waals surface area contributed by atoms with Gasteiger partial charge < -0.3 is 5.32 Å². The van der Waals surface area contributed by atoms with Crippen molar-refractivity contribution in [3.05, 3.63) is 35.4 Å². The lowest BCUT2D eigenvalue weighted by molar-refractivity contribution is -0.181. The highest BCUT2D eigenvalue weighted by atomic mass is 16.7. The third-order valence-electron chi connectivity index (χ3n) is 5.42. The normalized spacial score (nSPS) is 28.5. The lowest BCUT2D eigenvalue weighted by Crippen LogP contribution is -2.40. The Morgan fingerprint density at radius 2 is 1.88 bits per heavy atom. The van der Waals surface area contributed by atoms with Crippen LogP contribution in [0.5, 0.6) is 0 Å². The van der Waals surface area contributed by atoms with Gasteiger partial charge in [-0.05, 0) is 31.2 Å². The van der Waals surface area contributed by atoms with Crippen LogP contribution in [0.3, 0.4) is 0 Å². The first kappa shape index (κ1) is 17.2. The molecule has 2 heterocycles. The van der Waals surface area contributed by atoms with E-state index in [2.05, 4.69) is 5.32 Å². The first-order valence-corrected chi connectivity index (χ1v) is 9.04. The monoisotopic (exact) mass is 357 g/mol. The van der Waals surface area contributed by atoms with Gasteiger partial charge in [-0.2, -0.15) is 5.06 Å². The van der Waals surface area contributed by atoms with Gasteiger partial charge in [0.25, 0.3) is 5.91 Å². The average molecular weight is 357 g/mol. The molecule has 0 bridgehead atoms. The van der Waals surface area contributed by atoms with Crippen molar-refractivity contribution in [2.75, 3.05) is 20.1 Å². The van der Waals surface area contributed by atoms with Crippen molar-refractivity contribution in [2.45, 2.75) is 31.9 Å². The molecule has 1 aliphatic carbocycles. The van der Waals surface area contributed by atoms with Crippen molar-refractivity contribution in [3.63, 3.8) is 0 Å². The Bertz CT molecular complexity index is 744. The molecule has 3 fully saturated rings. The maximum atomic E-state index is 12.6. The molecular formula is C19H23N3O4.